The van der Waals surface area contributed by atoms with Gasteiger partial charge in [-0.25, -0.2) is 4.98 Å². The first kappa shape index (κ1) is 35.0. The van der Waals surface area contributed by atoms with E-state index in [1.54, 1.807) is 74.6 Å². The van der Waals surface area contributed by atoms with Gasteiger partial charge in [0, 0.05) is 30.0 Å². The fourth-order valence-electron chi connectivity index (χ4n) is 5.23. The predicted octanol–water partition coefficient (Wildman–Crippen LogP) is 1.74. The minimum atomic E-state index is -1.66. The van der Waals surface area contributed by atoms with Crippen molar-refractivity contribution in [1.29, 1.82) is 0 Å². The molecule has 2 atom stereocenters. The van der Waals surface area contributed by atoms with Crippen molar-refractivity contribution < 1.29 is 34.2 Å². The van der Waals surface area contributed by atoms with Crippen molar-refractivity contribution in [3.05, 3.63) is 117 Å². The normalized spacial score (nSPS) is 12.0. The smallest absolute Gasteiger partial charge is 0.261 e. The molecule has 14 nitrogen and oxygen atoms in total. The molecule has 0 aliphatic rings. The number of fused-ring (bicyclic) bond motifs is 1. The lowest BCUT2D eigenvalue weighted by Crippen LogP contribution is -2.48. The average Bonchev–Trinajstić information content (AvgIpc) is 3.58. The van der Waals surface area contributed by atoms with Crippen LogP contribution in [0.15, 0.2) is 89.7 Å². The molecule has 256 valence electrons. The highest BCUT2D eigenvalue weighted by molar-refractivity contribution is 7.18. The summed E-state index contributed by atoms with van der Waals surface area (Å²) in [6, 6.07) is 20.2. The number of amides is 3. The number of aliphatic carboxylic acids is 2. The van der Waals surface area contributed by atoms with E-state index in [0.29, 0.717) is 22.2 Å². The summed E-state index contributed by atoms with van der Waals surface area (Å²) < 4.78 is 0. The van der Waals surface area contributed by atoms with E-state index in [9.17, 15) is 39.0 Å². The van der Waals surface area contributed by atoms with Crippen LogP contribution in [0, 0.1) is 6.92 Å². The number of thiophene rings is 1. The highest BCUT2D eigenvalue weighted by atomic mass is 32.1. The first-order valence-electron chi connectivity index (χ1n) is 15.2. The standard InChI is InChI=1S/C35H32N6O8S/c1-19-36-26-18-23(31(44)38-20-9-5-3-6-10-20)22(17-24(26)32(45)37-19)30(34(47)39-21-11-7-4-8-12-21)41(2)28-15-14-27(50-28)33(46)40-25(35(48)49)13-16-29(42)43/h3-12,14-15,17-18,25,30H,13,16H2,1-2H3,(H,38,44)(H,39,47)(H,40,46)(H,42,43)(H,48,49)(H,36,37,45)/p-2/t25-,30-/m0/s1. The second kappa shape index (κ2) is 15.3. The molecule has 5 rings (SSSR count). The fraction of sp³-hybridized carbons (Fsp3) is 0.171. The number of carbonyl (C=O) groups is 5. The number of carbonyl (C=O) groups excluding carboxylic acids is 5. The minimum Gasteiger partial charge on any atom is -0.550 e. The van der Waals surface area contributed by atoms with Crippen LogP contribution in [-0.2, 0) is 14.4 Å². The van der Waals surface area contributed by atoms with Crippen molar-refractivity contribution in [3.8, 4) is 0 Å². The monoisotopic (exact) mass is 694 g/mol. The number of rotatable bonds is 13. The van der Waals surface area contributed by atoms with Gasteiger partial charge in [-0.05, 0) is 73.9 Å². The van der Waals surface area contributed by atoms with Crippen molar-refractivity contribution in [2.75, 3.05) is 22.6 Å². The topological polar surface area (TPSA) is 217 Å². The molecule has 5 aromatic rings. The van der Waals surface area contributed by atoms with Crippen LogP contribution in [0.5, 0.6) is 0 Å². The van der Waals surface area contributed by atoms with Crippen LogP contribution < -0.4 is 36.6 Å². The average molecular weight is 695 g/mol. The summed E-state index contributed by atoms with van der Waals surface area (Å²) in [4.78, 5) is 85.3. The molecule has 0 radical (unpaired) electrons. The van der Waals surface area contributed by atoms with Gasteiger partial charge in [-0.2, -0.15) is 0 Å². The Morgan fingerprint density at radius 3 is 2.14 bits per heavy atom. The first-order chi connectivity index (χ1) is 23.9. The third-order valence-corrected chi connectivity index (χ3v) is 8.81. The zero-order valence-electron chi connectivity index (χ0n) is 26.7. The number of hydrogen-bond donors (Lipinski definition) is 4. The predicted molar refractivity (Wildman–Crippen MR) is 183 cm³/mol. The Hall–Kier alpha value is -6.35. The zero-order chi connectivity index (χ0) is 35.9. The molecule has 50 heavy (non-hydrogen) atoms. The molecule has 0 saturated heterocycles. The number of aromatic nitrogens is 2. The summed E-state index contributed by atoms with van der Waals surface area (Å²) in [5, 5.41) is 30.8. The van der Waals surface area contributed by atoms with Crippen LogP contribution in [0.4, 0.5) is 16.4 Å². The highest BCUT2D eigenvalue weighted by Crippen LogP contribution is 2.35. The van der Waals surface area contributed by atoms with E-state index in [1.807, 2.05) is 0 Å². The van der Waals surface area contributed by atoms with E-state index in [0.717, 1.165) is 11.3 Å². The molecule has 2 aromatic heterocycles. The summed E-state index contributed by atoms with van der Waals surface area (Å²) in [5.74, 6) is -4.79. The molecule has 0 bridgehead atoms. The highest BCUT2D eigenvalue weighted by Gasteiger charge is 2.32. The van der Waals surface area contributed by atoms with Gasteiger partial charge in [-0.15, -0.1) is 11.3 Å². The molecule has 4 N–H and O–H groups in total. The van der Waals surface area contributed by atoms with Crippen LogP contribution in [-0.4, -0.2) is 52.7 Å². The fourth-order valence-corrected chi connectivity index (χ4v) is 6.13. The van der Waals surface area contributed by atoms with E-state index in [4.69, 9.17) is 0 Å². The van der Waals surface area contributed by atoms with Crippen molar-refractivity contribution in [2.45, 2.75) is 31.8 Å². The molecule has 0 fully saturated rings. The number of benzene rings is 3. The summed E-state index contributed by atoms with van der Waals surface area (Å²) in [5.41, 5.74) is 0.896. The van der Waals surface area contributed by atoms with Gasteiger partial charge >= 0.3 is 0 Å². The van der Waals surface area contributed by atoms with E-state index in [2.05, 4.69) is 25.9 Å². The van der Waals surface area contributed by atoms with Gasteiger partial charge in [0.25, 0.3) is 23.3 Å². The van der Waals surface area contributed by atoms with Crippen LogP contribution >= 0.6 is 11.3 Å². The second-order valence-corrected chi connectivity index (χ2v) is 12.3. The molecule has 0 spiro atoms. The molecule has 0 aliphatic carbocycles. The van der Waals surface area contributed by atoms with Crippen LogP contribution in [0.1, 0.15) is 50.3 Å². The van der Waals surface area contributed by atoms with Gasteiger partial charge in [-0.1, -0.05) is 36.4 Å². The number of aromatic amines is 1. The number of para-hydroxylation sites is 2. The number of hydrogen-bond acceptors (Lipinski definition) is 11. The van der Waals surface area contributed by atoms with E-state index < -0.39 is 60.1 Å². The lowest BCUT2D eigenvalue weighted by atomic mass is 9.95. The Balaban J connectivity index is 1.59. The number of nitrogens with one attached hydrogen (secondary N) is 4. The van der Waals surface area contributed by atoms with Gasteiger partial charge in [-0.3, -0.25) is 19.2 Å². The Kier molecular flexibility index (Phi) is 10.7. The summed E-state index contributed by atoms with van der Waals surface area (Å²) in [6.45, 7) is 1.60. The number of nitrogens with zero attached hydrogens (tertiary/aromatic N) is 2. The van der Waals surface area contributed by atoms with Gasteiger partial charge in [0.05, 0.1) is 32.8 Å². The number of H-pyrrole nitrogens is 1. The third kappa shape index (κ3) is 8.19. The van der Waals surface area contributed by atoms with Crippen LogP contribution in [0.3, 0.4) is 0 Å². The molecule has 0 saturated carbocycles. The number of carboxylic acids is 2. The minimum absolute atomic E-state index is 0.0467. The molecule has 2 heterocycles. The van der Waals surface area contributed by atoms with Crippen LogP contribution in [0.25, 0.3) is 10.9 Å². The molecule has 15 heteroatoms. The Bertz CT molecular complexity index is 2130. The number of likely N-dealkylation sites (N-methyl/N-ethyl adjacent to an activating group) is 1. The largest absolute Gasteiger partial charge is 0.550 e. The number of anilines is 3. The SMILES string of the molecule is Cc1nc2cc(C(=O)Nc3ccccc3)c([C@@H](C(=O)Nc3ccccc3)N(C)c3ccc(C(=O)N[C@@H](CCC(=O)[O-])C(=O)[O-])s3)cc2c(=O)[nH]1. The Morgan fingerprint density at radius 2 is 1.52 bits per heavy atom. The first-order valence-corrected chi connectivity index (χ1v) is 16.0. The summed E-state index contributed by atoms with van der Waals surface area (Å²) in [6.07, 6.45) is -1.06. The molecule has 0 aliphatic heterocycles. The van der Waals surface area contributed by atoms with Crippen molar-refractivity contribution in [2.24, 2.45) is 0 Å². The molecule has 0 unspecified atom stereocenters. The number of aryl methyl sites for hydroxylation is 1. The van der Waals surface area contributed by atoms with Gasteiger partial charge in [0.15, 0.2) is 0 Å². The maximum Gasteiger partial charge on any atom is 0.261 e. The summed E-state index contributed by atoms with van der Waals surface area (Å²) >= 11 is 0.911. The molecule has 3 aromatic carbocycles. The van der Waals surface area contributed by atoms with Crippen molar-refractivity contribution in [1.82, 2.24) is 15.3 Å². The maximum absolute atomic E-state index is 14.2. The van der Waals surface area contributed by atoms with Crippen LogP contribution in [0.2, 0.25) is 0 Å². The lowest BCUT2D eigenvalue weighted by molar-refractivity contribution is -0.309. The Morgan fingerprint density at radius 1 is 0.880 bits per heavy atom. The quantitative estimate of drug-likeness (QED) is 0.140. The zero-order valence-corrected chi connectivity index (χ0v) is 27.5. The maximum atomic E-state index is 14.2. The third-order valence-electron chi connectivity index (χ3n) is 7.63. The lowest BCUT2D eigenvalue weighted by Gasteiger charge is -2.30. The number of carboxylic acid groups (broad SMARTS) is 2. The van der Waals surface area contributed by atoms with Gasteiger partial charge in [0.1, 0.15) is 11.9 Å². The molecular weight excluding hydrogens is 664 g/mol. The van der Waals surface area contributed by atoms with Crippen molar-refractivity contribution >= 4 is 68.3 Å². The molecular formula is C35H30N6O8S-2. The van der Waals surface area contributed by atoms with E-state index in [1.165, 1.54) is 29.2 Å². The van der Waals surface area contributed by atoms with Gasteiger partial charge in [0.2, 0.25) is 0 Å². The van der Waals surface area contributed by atoms with E-state index >= 15 is 0 Å². The molecule has 3 amide bonds. The van der Waals surface area contributed by atoms with E-state index in [-0.39, 0.29) is 26.9 Å². The summed E-state index contributed by atoms with van der Waals surface area (Å²) in [7, 11) is 1.56. The van der Waals surface area contributed by atoms with Crippen molar-refractivity contribution in [3.63, 3.8) is 0 Å². The van der Waals surface area contributed by atoms with Gasteiger partial charge < -0.3 is 45.6 Å². The Labute approximate surface area is 288 Å². The second-order valence-electron chi connectivity index (χ2n) is 11.2.